The molecule has 202 valence electrons. The minimum Gasteiger partial charge on any atom is -0.270 e. The molecule has 4 rings (SSSR count). The summed E-state index contributed by atoms with van der Waals surface area (Å²) in [5.74, 6) is -0.854. The monoisotopic (exact) mass is 577 g/mol. The van der Waals surface area contributed by atoms with E-state index in [2.05, 4.69) is 0 Å². The number of benzene rings is 3. The van der Waals surface area contributed by atoms with Gasteiger partial charge in [-0.05, 0) is 79.8 Å². The minimum absolute atomic E-state index is 0.134. The number of nitrogens with zero attached hydrogens (tertiary/aromatic N) is 1. The molecule has 2 atom stereocenters. The molecule has 0 fully saturated rings. The van der Waals surface area contributed by atoms with Crippen LogP contribution in [-0.4, -0.2) is 35.7 Å². The van der Waals surface area contributed by atoms with E-state index in [1.807, 2.05) is 25.1 Å². The van der Waals surface area contributed by atoms with E-state index in [1.54, 1.807) is 50.3 Å². The molecule has 3 aromatic carbocycles. The predicted octanol–water partition coefficient (Wildman–Crippen LogP) is 6.08. The van der Waals surface area contributed by atoms with Crippen LogP contribution in [0.1, 0.15) is 36.1 Å². The van der Waals surface area contributed by atoms with Gasteiger partial charge in [0.25, 0.3) is 20.1 Å². The molecule has 3 aromatic rings. The van der Waals surface area contributed by atoms with Crippen LogP contribution in [0.5, 0.6) is 0 Å². The molecule has 0 spiro atoms. The predicted molar refractivity (Wildman–Crippen MR) is 150 cm³/mol. The first kappa shape index (κ1) is 28.3. The summed E-state index contributed by atoms with van der Waals surface area (Å²) in [4.78, 5) is 0.134. The fraction of sp³-hybridized carbons (Fsp3) is 0.286. The van der Waals surface area contributed by atoms with E-state index in [4.69, 9.17) is 15.8 Å². The van der Waals surface area contributed by atoms with Crippen molar-refractivity contribution < 1.29 is 25.4 Å². The lowest BCUT2D eigenvalue weighted by Crippen LogP contribution is -2.48. The number of halogens is 2. The van der Waals surface area contributed by atoms with E-state index in [0.717, 1.165) is 17.4 Å². The molecule has 0 saturated carbocycles. The third-order valence-electron chi connectivity index (χ3n) is 6.66. The first-order chi connectivity index (χ1) is 17.8. The van der Waals surface area contributed by atoms with Crippen LogP contribution in [0.15, 0.2) is 65.6 Å². The van der Waals surface area contributed by atoms with Crippen LogP contribution in [0.25, 0.3) is 11.6 Å². The van der Waals surface area contributed by atoms with Crippen molar-refractivity contribution in [2.24, 2.45) is 5.92 Å². The van der Waals surface area contributed by atoms with Crippen LogP contribution in [0.3, 0.4) is 0 Å². The van der Waals surface area contributed by atoms with Crippen molar-refractivity contribution in [1.29, 1.82) is 0 Å². The number of hydrogen-bond acceptors (Lipinski definition) is 5. The van der Waals surface area contributed by atoms with Crippen LogP contribution >= 0.6 is 11.6 Å². The Bertz CT molecular complexity index is 1600. The fourth-order valence-electron chi connectivity index (χ4n) is 4.76. The van der Waals surface area contributed by atoms with Gasteiger partial charge in [-0.3, -0.25) is 8.49 Å². The molecule has 10 heteroatoms. The van der Waals surface area contributed by atoms with E-state index >= 15 is 0 Å². The van der Waals surface area contributed by atoms with Crippen molar-refractivity contribution in [3.8, 4) is 0 Å². The number of fused-ring (bicyclic) bond motifs is 1. The molecule has 0 aliphatic carbocycles. The average Bonchev–Trinajstić information content (AvgIpc) is 2.82. The molecule has 1 aliphatic heterocycles. The number of sulfonamides is 1. The van der Waals surface area contributed by atoms with Crippen molar-refractivity contribution in [1.82, 2.24) is 0 Å². The third-order valence-corrected chi connectivity index (χ3v) is 9.44. The van der Waals surface area contributed by atoms with Crippen molar-refractivity contribution in [3.63, 3.8) is 0 Å². The quantitative estimate of drug-likeness (QED) is 0.251. The van der Waals surface area contributed by atoms with Crippen LogP contribution < -0.4 is 4.31 Å². The standard InChI is InChI=1S/C28H29ClFNO5S2/c1-18-7-5-8-24(13-18)38(34,35)31-20(3)23(17-36-37(4,32)33)16-22-12-11-21(15-27(22)31)14-19(2)28-25(29)9-6-10-26(28)30/h5-15,20,23H,16-17H2,1-4H3/b19-14+/t20-,23+/m1/s1. The number of allylic oxidation sites excluding steroid dienone is 1. The summed E-state index contributed by atoms with van der Waals surface area (Å²) in [6, 6.07) is 15.9. The van der Waals surface area contributed by atoms with E-state index < -0.39 is 37.9 Å². The van der Waals surface area contributed by atoms with Crippen molar-refractivity contribution in [3.05, 3.63) is 93.8 Å². The Morgan fingerprint density at radius 2 is 1.82 bits per heavy atom. The van der Waals surface area contributed by atoms with E-state index in [-0.39, 0.29) is 22.1 Å². The third kappa shape index (κ3) is 5.96. The maximum absolute atomic E-state index is 14.5. The van der Waals surface area contributed by atoms with Gasteiger partial charge in [0, 0.05) is 17.5 Å². The van der Waals surface area contributed by atoms with Crippen molar-refractivity contribution in [2.45, 2.75) is 38.1 Å². The maximum Gasteiger partial charge on any atom is 0.264 e. The van der Waals surface area contributed by atoms with Crippen LogP contribution in [0.2, 0.25) is 5.02 Å². The summed E-state index contributed by atoms with van der Waals surface area (Å²) >= 11 is 6.24. The van der Waals surface area contributed by atoms with E-state index in [9.17, 15) is 21.2 Å². The van der Waals surface area contributed by atoms with E-state index in [0.29, 0.717) is 23.2 Å². The Morgan fingerprint density at radius 1 is 1.11 bits per heavy atom. The fourth-order valence-corrected chi connectivity index (χ4v) is 7.34. The second-order valence-electron chi connectivity index (χ2n) is 9.62. The molecule has 0 unspecified atom stereocenters. The summed E-state index contributed by atoms with van der Waals surface area (Å²) in [6.07, 6.45) is 3.15. The molecular formula is C28H29ClFNO5S2. The van der Waals surface area contributed by atoms with Gasteiger partial charge >= 0.3 is 0 Å². The number of rotatable bonds is 7. The van der Waals surface area contributed by atoms with Crippen LogP contribution in [0, 0.1) is 18.7 Å². The molecule has 38 heavy (non-hydrogen) atoms. The van der Waals surface area contributed by atoms with Gasteiger partial charge in [-0.1, -0.05) is 48.0 Å². The van der Waals surface area contributed by atoms with Gasteiger partial charge in [0.1, 0.15) is 5.82 Å². The van der Waals surface area contributed by atoms with Crippen LogP contribution in [-0.2, 0) is 30.7 Å². The van der Waals surface area contributed by atoms with Gasteiger partial charge < -0.3 is 0 Å². The first-order valence-corrected chi connectivity index (χ1v) is 15.6. The zero-order valence-electron chi connectivity index (χ0n) is 21.5. The first-order valence-electron chi connectivity index (χ1n) is 12.0. The number of anilines is 1. The van der Waals surface area contributed by atoms with Gasteiger partial charge in [0.15, 0.2) is 0 Å². The molecule has 0 amide bonds. The molecule has 0 saturated heterocycles. The highest BCUT2D eigenvalue weighted by atomic mass is 35.5. The molecule has 1 aliphatic rings. The Hall–Kier alpha value is -2.72. The van der Waals surface area contributed by atoms with Gasteiger partial charge in [-0.15, -0.1) is 0 Å². The van der Waals surface area contributed by atoms with Gasteiger partial charge in [0.2, 0.25) is 0 Å². The summed E-state index contributed by atoms with van der Waals surface area (Å²) < 4.78 is 72.3. The Balaban J connectivity index is 1.83. The molecule has 0 aromatic heterocycles. The molecular weight excluding hydrogens is 549 g/mol. The Labute approximate surface area is 228 Å². The van der Waals surface area contributed by atoms with Crippen molar-refractivity contribution >= 4 is 49.1 Å². The maximum atomic E-state index is 14.5. The number of aryl methyl sites for hydroxylation is 1. The van der Waals surface area contributed by atoms with E-state index in [1.165, 1.54) is 16.4 Å². The lowest BCUT2D eigenvalue weighted by molar-refractivity contribution is 0.233. The summed E-state index contributed by atoms with van der Waals surface area (Å²) in [7, 11) is -7.72. The highest BCUT2D eigenvalue weighted by molar-refractivity contribution is 7.92. The molecule has 0 N–H and O–H groups in total. The Morgan fingerprint density at radius 3 is 2.47 bits per heavy atom. The minimum atomic E-state index is -4.02. The lowest BCUT2D eigenvalue weighted by Gasteiger charge is -2.41. The second-order valence-corrected chi connectivity index (χ2v) is 13.5. The van der Waals surface area contributed by atoms with Crippen molar-refractivity contribution in [2.75, 3.05) is 17.2 Å². The average molecular weight is 578 g/mol. The topological polar surface area (TPSA) is 80.8 Å². The van der Waals surface area contributed by atoms with Gasteiger partial charge in [0.05, 0.1) is 28.5 Å². The molecule has 1 heterocycles. The van der Waals surface area contributed by atoms with Gasteiger partial charge in [-0.2, -0.15) is 8.42 Å². The zero-order valence-corrected chi connectivity index (χ0v) is 23.9. The summed E-state index contributed by atoms with van der Waals surface area (Å²) in [6.45, 7) is 5.16. The molecule has 0 radical (unpaired) electrons. The largest absolute Gasteiger partial charge is 0.270 e. The summed E-state index contributed by atoms with van der Waals surface area (Å²) in [5, 5.41) is 0.280. The zero-order chi connectivity index (χ0) is 27.8. The molecule has 6 nitrogen and oxygen atoms in total. The highest BCUT2D eigenvalue weighted by Crippen LogP contribution is 2.40. The smallest absolute Gasteiger partial charge is 0.264 e. The molecule has 0 bridgehead atoms. The summed E-state index contributed by atoms with van der Waals surface area (Å²) in [5.41, 5.74) is 3.55. The SMILES string of the molecule is C/C(=C\c1ccc2c(c1)N(S(=O)(=O)c1cccc(C)c1)[C@H](C)[C@H](COS(C)(=O)=O)C2)c1c(F)cccc1Cl. The van der Waals surface area contributed by atoms with Gasteiger partial charge in [-0.25, -0.2) is 12.8 Å². The van der Waals surface area contributed by atoms with Crippen LogP contribution in [0.4, 0.5) is 10.1 Å². The number of hydrogen-bond donors (Lipinski definition) is 0. The Kier molecular flexibility index (Phi) is 8.04. The lowest BCUT2D eigenvalue weighted by atomic mass is 9.88. The highest BCUT2D eigenvalue weighted by Gasteiger charge is 2.39. The second kappa shape index (κ2) is 10.8. The normalized spacial score (nSPS) is 18.4.